The molecule has 9 heteroatoms. The van der Waals surface area contributed by atoms with Gasteiger partial charge in [0.1, 0.15) is 0 Å². The molecule has 0 aromatic heterocycles. The van der Waals surface area contributed by atoms with Crippen LogP contribution < -0.4 is 0 Å². The molecule has 90 valence electrons. The van der Waals surface area contributed by atoms with Crippen LogP contribution in [0.5, 0.6) is 0 Å². The maximum Gasteiger partial charge on any atom is 0.523 e. The summed E-state index contributed by atoms with van der Waals surface area (Å²) in [5, 5.41) is 8.50. The van der Waals surface area contributed by atoms with Gasteiger partial charge in [-0.2, -0.15) is 21.6 Å². The highest BCUT2D eigenvalue weighted by Gasteiger charge is 2.52. The van der Waals surface area contributed by atoms with Gasteiger partial charge in [0, 0.05) is 0 Å². The maximum absolute atomic E-state index is 11.9. The molecule has 0 aliphatic rings. The van der Waals surface area contributed by atoms with Crippen molar-refractivity contribution in [3.05, 3.63) is 0 Å². The van der Waals surface area contributed by atoms with E-state index in [-0.39, 0.29) is 0 Å². The molecule has 0 bridgehead atoms. The van der Waals surface area contributed by atoms with Gasteiger partial charge in [-0.15, -0.1) is 0 Å². The molecule has 0 saturated heterocycles. The van der Waals surface area contributed by atoms with Crippen LogP contribution >= 0.6 is 0 Å². The number of rotatable bonds is 4. The quantitative estimate of drug-likeness (QED) is 0.597. The van der Waals surface area contributed by atoms with E-state index < -0.39 is 33.6 Å². The Labute approximate surface area is 84.0 Å². The summed E-state index contributed by atoms with van der Waals surface area (Å²) >= 11 is 0. The summed E-state index contributed by atoms with van der Waals surface area (Å²) < 4.78 is 60.3. The second kappa shape index (κ2) is 3.97. The molecule has 0 fully saturated rings. The van der Waals surface area contributed by atoms with E-state index in [2.05, 4.69) is 4.18 Å². The molecule has 1 atom stereocenters. The minimum absolute atomic E-state index is 0.419. The van der Waals surface area contributed by atoms with Gasteiger partial charge >= 0.3 is 21.6 Å². The molecule has 0 amide bonds. The average Bonchev–Trinajstić information content (AvgIpc) is 2.00. The number of halogens is 3. The van der Waals surface area contributed by atoms with Gasteiger partial charge in [0.25, 0.3) is 0 Å². The normalized spacial score (nSPS) is 17.1. The van der Waals surface area contributed by atoms with Crippen LogP contribution in [-0.4, -0.2) is 30.6 Å². The van der Waals surface area contributed by atoms with Crippen LogP contribution in [0.25, 0.3) is 0 Å². The van der Waals surface area contributed by atoms with Crippen LogP contribution in [0.3, 0.4) is 0 Å². The molecule has 0 aromatic carbocycles. The molecular weight excluding hydrogens is 241 g/mol. The number of alkyl halides is 3. The van der Waals surface area contributed by atoms with Crippen molar-refractivity contribution in [1.29, 1.82) is 0 Å². The molecule has 0 heterocycles. The number of aliphatic carboxylic acids is 1. The van der Waals surface area contributed by atoms with Gasteiger partial charge in [-0.25, -0.2) is 8.98 Å². The fraction of sp³-hybridized carbons (Fsp3) is 0.833. The Morgan fingerprint density at radius 1 is 1.40 bits per heavy atom. The maximum atomic E-state index is 11.9. The number of carbonyl (C=O) groups is 1. The van der Waals surface area contributed by atoms with Crippen LogP contribution in [0.15, 0.2) is 0 Å². The summed E-state index contributed by atoms with van der Waals surface area (Å²) in [7, 11) is -5.89. The Bertz CT molecular complexity index is 346. The van der Waals surface area contributed by atoms with Crippen molar-refractivity contribution in [2.75, 3.05) is 0 Å². The first-order chi connectivity index (χ1) is 6.46. The number of carboxylic acids is 1. The highest BCUT2D eigenvalue weighted by molar-refractivity contribution is 7.87. The summed E-state index contributed by atoms with van der Waals surface area (Å²) in [5.74, 6) is -1.78. The van der Waals surface area contributed by atoms with E-state index in [0.717, 1.165) is 6.92 Å². The van der Waals surface area contributed by atoms with E-state index in [4.69, 9.17) is 5.11 Å². The largest absolute Gasteiger partial charge is 0.523 e. The molecule has 0 aromatic rings. The Kier molecular flexibility index (Phi) is 3.75. The SMILES string of the molecule is CC[C@@](C)(OS(=O)(=O)C(F)(F)F)C(=O)O. The zero-order valence-electron chi connectivity index (χ0n) is 7.83. The Hall–Kier alpha value is -0.830. The standard InChI is InChI=1S/C6H9F3O5S/c1-3-5(2,4(10)11)14-15(12,13)6(7,8)9/h3H2,1-2H3,(H,10,11)/t5-/m1/s1. The van der Waals surface area contributed by atoms with Gasteiger partial charge in [0.05, 0.1) is 0 Å². The van der Waals surface area contributed by atoms with Gasteiger partial charge in [-0.1, -0.05) is 6.92 Å². The first-order valence-electron chi connectivity index (χ1n) is 3.71. The predicted octanol–water partition coefficient (Wildman–Crippen LogP) is 1.11. The van der Waals surface area contributed by atoms with E-state index in [1.807, 2.05) is 0 Å². The monoisotopic (exact) mass is 250 g/mol. The van der Waals surface area contributed by atoms with E-state index in [9.17, 15) is 26.4 Å². The Balaban J connectivity index is 5.12. The van der Waals surface area contributed by atoms with Crippen LogP contribution in [0.2, 0.25) is 0 Å². The first kappa shape index (κ1) is 14.2. The van der Waals surface area contributed by atoms with Crippen molar-refractivity contribution < 1.29 is 35.7 Å². The smallest absolute Gasteiger partial charge is 0.479 e. The van der Waals surface area contributed by atoms with Gasteiger partial charge in [0.15, 0.2) is 5.60 Å². The van der Waals surface area contributed by atoms with Crippen LogP contribution in [0.1, 0.15) is 20.3 Å². The van der Waals surface area contributed by atoms with Crippen LogP contribution in [0.4, 0.5) is 13.2 Å². The van der Waals surface area contributed by atoms with Crippen molar-refractivity contribution in [2.24, 2.45) is 0 Å². The van der Waals surface area contributed by atoms with Crippen LogP contribution in [0, 0.1) is 0 Å². The lowest BCUT2D eigenvalue weighted by Gasteiger charge is -2.23. The number of hydrogen-bond donors (Lipinski definition) is 1. The second-order valence-electron chi connectivity index (χ2n) is 2.87. The van der Waals surface area contributed by atoms with Crippen molar-refractivity contribution in [1.82, 2.24) is 0 Å². The van der Waals surface area contributed by atoms with Crippen molar-refractivity contribution in [3.63, 3.8) is 0 Å². The highest BCUT2D eigenvalue weighted by atomic mass is 32.2. The molecule has 0 saturated carbocycles. The lowest BCUT2D eigenvalue weighted by molar-refractivity contribution is -0.155. The van der Waals surface area contributed by atoms with E-state index in [1.165, 1.54) is 6.92 Å². The lowest BCUT2D eigenvalue weighted by atomic mass is 10.1. The molecular formula is C6H9F3O5S. The minimum atomic E-state index is -5.89. The summed E-state index contributed by atoms with van der Waals surface area (Å²) in [6.07, 6.45) is -0.419. The van der Waals surface area contributed by atoms with Crippen molar-refractivity contribution in [3.8, 4) is 0 Å². The Morgan fingerprint density at radius 3 is 2.00 bits per heavy atom. The summed E-state index contributed by atoms with van der Waals surface area (Å²) in [5.41, 5.74) is -8.03. The molecule has 1 N–H and O–H groups in total. The molecule has 5 nitrogen and oxygen atoms in total. The fourth-order valence-electron chi connectivity index (χ4n) is 0.535. The van der Waals surface area contributed by atoms with Crippen LogP contribution in [-0.2, 0) is 19.1 Å². The van der Waals surface area contributed by atoms with Crippen molar-refractivity contribution in [2.45, 2.75) is 31.4 Å². The van der Waals surface area contributed by atoms with Crippen molar-refractivity contribution >= 4 is 16.1 Å². The first-order valence-corrected chi connectivity index (χ1v) is 5.12. The summed E-state index contributed by atoms with van der Waals surface area (Å²) in [4.78, 5) is 10.5. The zero-order valence-corrected chi connectivity index (χ0v) is 8.65. The number of hydrogen-bond acceptors (Lipinski definition) is 4. The Morgan fingerprint density at radius 2 is 1.80 bits per heavy atom. The molecule has 15 heavy (non-hydrogen) atoms. The molecule has 0 spiro atoms. The predicted molar refractivity (Wildman–Crippen MR) is 42.4 cm³/mol. The highest BCUT2D eigenvalue weighted by Crippen LogP contribution is 2.30. The molecule has 0 unspecified atom stereocenters. The summed E-state index contributed by atoms with van der Waals surface area (Å²) in [6.45, 7) is 1.94. The second-order valence-corrected chi connectivity index (χ2v) is 4.41. The van der Waals surface area contributed by atoms with Gasteiger partial charge in [-0.05, 0) is 13.3 Å². The fourth-order valence-corrected chi connectivity index (χ4v) is 1.30. The topological polar surface area (TPSA) is 80.7 Å². The average molecular weight is 250 g/mol. The van der Waals surface area contributed by atoms with Gasteiger partial charge < -0.3 is 5.11 Å². The van der Waals surface area contributed by atoms with Gasteiger partial charge in [0.2, 0.25) is 0 Å². The lowest BCUT2D eigenvalue weighted by Crippen LogP contribution is -2.43. The molecule has 0 aliphatic heterocycles. The molecule has 0 rings (SSSR count). The third-order valence-electron chi connectivity index (χ3n) is 1.70. The van der Waals surface area contributed by atoms with E-state index in [1.54, 1.807) is 0 Å². The zero-order chi connectivity index (χ0) is 12.5. The summed E-state index contributed by atoms with van der Waals surface area (Å²) in [6, 6.07) is 0. The molecule has 0 aliphatic carbocycles. The van der Waals surface area contributed by atoms with E-state index >= 15 is 0 Å². The minimum Gasteiger partial charge on any atom is -0.479 e. The third kappa shape index (κ3) is 3.06. The third-order valence-corrected chi connectivity index (χ3v) is 2.86. The van der Waals surface area contributed by atoms with E-state index in [0.29, 0.717) is 0 Å². The van der Waals surface area contributed by atoms with Gasteiger partial charge in [-0.3, -0.25) is 0 Å². The molecule has 0 radical (unpaired) electrons. The number of carboxylic acid groups (broad SMARTS) is 1.